The van der Waals surface area contributed by atoms with Crippen LogP contribution < -0.4 is 0 Å². The minimum atomic E-state index is -0.243. The number of nitrogens with one attached hydrogen (secondary N) is 1. The third-order valence-corrected chi connectivity index (χ3v) is 4.14. The van der Waals surface area contributed by atoms with E-state index in [-0.39, 0.29) is 5.82 Å². The van der Waals surface area contributed by atoms with Crippen molar-refractivity contribution >= 4 is 16.4 Å². The van der Waals surface area contributed by atoms with Gasteiger partial charge in [-0.15, -0.1) is 5.10 Å². The number of benzene rings is 2. The van der Waals surface area contributed by atoms with Crippen molar-refractivity contribution < 1.29 is 4.39 Å². The summed E-state index contributed by atoms with van der Waals surface area (Å²) in [6, 6.07) is 10.6. The van der Waals surface area contributed by atoms with E-state index < -0.39 is 0 Å². The number of aromatic amines is 1. The number of aromatic nitrogens is 7. The van der Waals surface area contributed by atoms with Crippen molar-refractivity contribution in [3.8, 4) is 22.5 Å². The third kappa shape index (κ3) is 2.08. The van der Waals surface area contributed by atoms with Gasteiger partial charge in [0.25, 0.3) is 0 Å². The smallest absolute Gasteiger partial charge is 0.184 e. The molecule has 120 valence electrons. The number of tetrazole rings is 1. The van der Waals surface area contributed by atoms with E-state index in [1.54, 1.807) is 29.0 Å². The van der Waals surface area contributed by atoms with Crippen LogP contribution >= 0.6 is 0 Å². The highest BCUT2D eigenvalue weighted by atomic mass is 19.1. The van der Waals surface area contributed by atoms with E-state index in [2.05, 4.69) is 30.7 Å². The lowest BCUT2D eigenvalue weighted by atomic mass is 10.00. The van der Waals surface area contributed by atoms with Crippen LogP contribution in [-0.2, 0) is 0 Å². The summed E-state index contributed by atoms with van der Waals surface area (Å²) >= 11 is 0. The van der Waals surface area contributed by atoms with Crippen LogP contribution in [0.2, 0.25) is 0 Å². The van der Waals surface area contributed by atoms with E-state index >= 15 is 0 Å². The van der Waals surface area contributed by atoms with Gasteiger partial charge in [0.1, 0.15) is 5.82 Å². The van der Waals surface area contributed by atoms with Gasteiger partial charge < -0.3 is 0 Å². The third-order valence-electron chi connectivity index (χ3n) is 4.14. The maximum atomic E-state index is 14.0. The van der Waals surface area contributed by atoms with Crippen LogP contribution in [0.25, 0.3) is 38.9 Å². The van der Waals surface area contributed by atoms with Crippen LogP contribution in [-0.4, -0.2) is 35.2 Å². The SMILES string of the molecule is Fc1cccc2c(-c3cnc4c(-c5nnn[nH]5)cnn4c3)cccc12. The molecular weight excluding hydrogens is 321 g/mol. The fourth-order valence-corrected chi connectivity index (χ4v) is 2.98. The summed E-state index contributed by atoms with van der Waals surface area (Å²) in [7, 11) is 0. The molecular formula is C17H10FN7. The van der Waals surface area contributed by atoms with E-state index in [0.717, 1.165) is 16.5 Å². The molecule has 3 heterocycles. The average Bonchev–Trinajstić information content (AvgIpc) is 3.30. The lowest BCUT2D eigenvalue weighted by molar-refractivity contribution is 0.640. The number of H-pyrrole nitrogens is 1. The number of hydrogen-bond donors (Lipinski definition) is 1. The van der Waals surface area contributed by atoms with Gasteiger partial charge in [-0.2, -0.15) is 5.10 Å². The van der Waals surface area contributed by atoms with E-state index in [1.807, 2.05) is 24.4 Å². The maximum Gasteiger partial charge on any atom is 0.184 e. The van der Waals surface area contributed by atoms with Gasteiger partial charge in [-0.25, -0.2) is 19.0 Å². The molecule has 0 saturated carbocycles. The zero-order valence-corrected chi connectivity index (χ0v) is 12.8. The minimum absolute atomic E-state index is 0.243. The topological polar surface area (TPSA) is 84.6 Å². The average molecular weight is 331 g/mol. The van der Waals surface area contributed by atoms with E-state index in [0.29, 0.717) is 22.4 Å². The van der Waals surface area contributed by atoms with Gasteiger partial charge in [-0.3, -0.25) is 0 Å². The highest BCUT2D eigenvalue weighted by molar-refractivity contribution is 5.96. The quantitative estimate of drug-likeness (QED) is 0.538. The molecule has 0 radical (unpaired) electrons. The van der Waals surface area contributed by atoms with Gasteiger partial charge in [-0.1, -0.05) is 30.3 Å². The fourth-order valence-electron chi connectivity index (χ4n) is 2.98. The Morgan fingerprint density at radius 3 is 2.72 bits per heavy atom. The number of nitrogens with zero attached hydrogens (tertiary/aromatic N) is 6. The zero-order chi connectivity index (χ0) is 16.8. The number of rotatable bonds is 2. The monoisotopic (exact) mass is 331 g/mol. The van der Waals surface area contributed by atoms with Gasteiger partial charge in [0, 0.05) is 23.3 Å². The van der Waals surface area contributed by atoms with Crippen LogP contribution in [0, 0.1) is 5.82 Å². The summed E-state index contributed by atoms with van der Waals surface area (Å²) in [6.07, 6.45) is 5.25. The van der Waals surface area contributed by atoms with Crippen LogP contribution in [0.3, 0.4) is 0 Å². The molecule has 2 aromatic carbocycles. The summed E-state index contributed by atoms with van der Waals surface area (Å²) in [6.45, 7) is 0. The van der Waals surface area contributed by atoms with Gasteiger partial charge in [-0.05, 0) is 27.4 Å². The largest absolute Gasteiger partial charge is 0.239 e. The first-order valence-corrected chi connectivity index (χ1v) is 7.56. The molecule has 0 bridgehead atoms. The van der Waals surface area contributed by atoms with Crippen molar-refractivity contribution in [2.24, 2.45) is 0 Å². The van der Waals surface area contributed by atoms with Crippen molar-refractivity contribution in [1.29, 1.82) is 0 Å². The molecule has 0 saturated heterocycles. The summed E-state index contributed by atoms with van der Waals surface area (Å²) < 4.78 is 15.7. The second-order valence-corrected chi connectivity index (χ2v) is 5.56. The van der Waals surface area contributed by atoms with Gasteiger partial charge >= 0.3 is 0 Å². The fraction of sp³-hybridized carbons (Fsp3) is 0. The predicted molar refractivity (Wildman–Crippen MR) is 89.1 cm³/mol. The van der Waals surface area contributed by atoms with Gasteiger partial charge in [0.15, 0.2) is 11.5 Å². The van der Waals surface area contributed by atoms with Crippen molar-refractivity contribution in [2.75, 3.05) is 0 Å². The Morgan fingerprint density at radius 1 is 0.960 bits per heavy atom. The first-order chi connectivity index (χ1) is 12.3. The molecule has 5 aromatic rings. The molecule has 3 aromatic heterocycles. The summed E-state index contributed by atoms with van der Waals surface area (Å²) in [5.74, 6) is 0.259. The molecule has 0 aliphatic heterocycles. The molecule has 1 N–H and O–H groups in total. The van der Waals surface area contributed by atoms with E-state index in [9.17, 15) is 4.39 Å². The lowest BCUT2D eigenvalue weighted by Gasteiger charge is -2.07. The molecule has 7 nitrogen and oxygen atoms in total. The molecule has 0 spiro atoms. The Bertz CT molecular complexity index is 1210. The maximum absolute atomic E-state index is 14.0. The first-order valence-electron chi connectivity index (χ1n) is 7.56. The lowest BCUT2D eigenvalue weighted by Crippen LogP contribution is -1.93. The Balaban J connectivity index is 1.71. The number of fused-ring (bicyclic) bond motifs is 2. The van der Waals surface area contributed by atoms with E-state index in [1.165, 1.54) is 6.07 Å². The molecule has 8 heteroatoms. The highest BCUT2D eigenvalue weighted by Crippen LogP contribution is 2.30. The standard InChI is InChI=1S/C17H10FN7/c18-15-6-2-4-12-11(3-1-5-13(12)15)10-7-19-17-14(8-20-25(17)9-10)16-21-23-24-22-16/h1-9H,(H,21,22,23,24). The van der Waals surface area contributed by atoms with Crippen molar-refractivity contribution in [2.45, 2.75) is 0 Å². The van der Waals surface area contributed by atoms with Crippen LogP contribution in [0.15, 0.2) is 55.0 Å². The van der Waals surface area contributed by atoms with Crippen LogP contribution in [0.4, 0.5) is 4.39 Å². The second-order valence-electron chi connectivity index (χ2n) is 5.56. The van der Waals surface area contributed by atoms with Gasteiger partial charge in [0.2, 0.25) is 0 Å². The first kappa shape index (κ1) is 13.7. The van der Waals surface area contributed by atoms with Crippen molar-refractivity contribution in [3.63, 3.8) is 0 Å². The highest BCUT2D eigenvalue weighted by Gasteiger charge is 2.13. The molecule has 25 heavy (non-hydrogen) atoms. The van der Waals surface area contributed by atoms with Crippen molar-refractivity contribution in [3.05, 3.63) is 60.8 Å². The van der Waals surface area contributed by atoms with Gasteiger partial charge in [0.05, 0.1) is 11.8 Å². The van der Waals surface area contributed by atoms with E-state index in [4.69, 9.17) is 0 Å². The molecule has 0 amide bonds. The molecule has 0 unspecified atom stereocenters. The number of halogens is 1. The Morgan fingerprint density at radius 2 is 1.84 bits per heavy atom. The molecule has 0 fully saturated rings. The second kappa shape index (κ2) is 5.17. The summed E-state index contributed by atoms with van der Waals surface area (Å²) in [5, 5.41) is 19.5. The molecule has 0 aliphatic carbocycles. The molecule has 0 aliphatic rings. The number of hydrogen-bond acceptors (Lipinski definition) is 5. The Labute approximate surface area is 140 Å². The normalized spacial score (nSPS) is 11.4. The minimum Gasteiger partial charge on any atom is -0.239 e. The summed E-state index contributed by atoms with van der Waals surface area (Å²) in [4.78, 5) is 4.49. The molecule has 0 atom stereocenters. The zero-order valence-electron chi connectivity index (χ0n) is 12.8. The van der Waals surface area contributed by atoms with Crippen molar-refractivity contribution in [1.82, 2.24) is 35.2 Å². The Hall–Kier alpha value is -3.68. The molecule has 5 rings (SSSR count). The summed E-state index contributed by atoms with van der Waals surface area (Å²) in [5.41, 5.74) is 3.08. The van der Waals surface area contributed by atoms with Crippen LogP contribution in [0.1, 0.15) is 0 Å². The van der Waals surface area contributed by atoms with Crippen LogP contribution in [0.5, 0.6) is 0 Å². The predicted octanol–water partition coefficient (Wildman–Crippen LogP) is 2.87. The Kier molecular flexibility index (Phi) is 2.84.